The number of aryl methyl sites for hydroxylation is 1. The van der Waals surface area contributed by atoms with Crippen molar-refractivity contribution in [3.05, 3.63) is 52.5 Å². The largest absolute Gasteiger partial charge is 0.321 e. The summed E-state index contributed by atoms with van der Waals surface area (Å²) in [5, 5.41) is 14.8. The molecular formula is C17H16BrN5O3S2. The van der Waals surface area contributed by atoms with Crippen LogP contribution >= 0.6 is 27.7 Å². The molecule has 2 aromatic carbocycles. The monoisotopic (exact) mass is 481 g/mol. The minimum atomic E-state index is -3.31. The molecule has 0 bridgehead atoms. The Bertz CT molecular complexity index is 1110. The van der Waals surface area contributed by atoms with E-state index in [0.29, 0.717) is 16.4 Å². The SMILES string of the molecule is CCS(=O)(=O)c1ccc(C(=O)Nc2cc(Br)ccc2Sc2nnnn2C)cc1. The van der Waals surface area contributed by atoms with Gasteiger partial charge in [0.1, 0.15) is 0 Å². The van der Waals surface area contributed by atoms with Crippen LogP contribution in [0.4, 0.5) is 5.69 Å². The summed E-state index contributed by atoms with van der Waals surface area (Å²) in [4.78, 5) is 13.6. The van der Waals surface area contributed by atoms with E-state index in [4.69, 9.17) is 0 Å². The van der Waals surface area contributed by atoms with Gasteiger partial charge in [0.2, 0.25) is 5.16 Å². The molecule has 1 amide bonds. The van der Waals surface area contributed by atoms with Gasteiger partial charge in [-0.1, -0.05) is 22.9 Å². The molecule has 0 fully saturated rings. The van der Waals surface area contributed by atoms with Gasteiger partial charge in [0, 0.05) is 22.0 Å². The normalized spacial score (nSPS) is 11.4. The smallest absolute Gasteiger partial charge is 0.255 e. The Labute approximate surface area is 174 Å². The molecule has 8 nitrogen and oxygen atoms in total. The van der Waals surface area contributed by atoms with E-state index in [0.717, 1.165) is 9.37 Å². The Hall–Kier alpha value is -2.24. The third-order valence-corrected chi connectivity index (χ3v) is 7.18. The van der Waals surface area contributed by atoms with Gasteiger partial charge in [-0.25, -0.2) is 13.1 Å². The zero-order chi connectivity index (χ0) is 20.3. The van der Waals surface area contributed by atoms with Crippen molar-refractivity contribution in [3.8, 4) is 0 Å². The van der Waals surface area contributed by atoms with Gasteiger partial charge in [-0.3, -0.25) is 4.79 Å². The minimum Gasteiger partial charge on any atom is -0.321 e. The average molecular weight is 482 g/mol. The molecule has 1 heterocycles. The Morgan fingerprint density at radius 3 is 2.54 bits per heavy atom. The number of rotatable bonds is 6. The first-order chi connectivity index (χ1) is 13.3. The number of hydrogen-bond acceptors (Lipinski definition) is 7. The van der Waals surface area contributed by atoms with E-state index in [2.05, 4.69) is 36.8 Å². The van der Waals surface area contributed by atoms with Crippen LogP contribution in [0.5, 0.6) is 0 Å². The second kappa shape index (κ2) is 8.41. The van der Waals surface area contributed by atoms with Crippen LogP contribution in [0.2, 0.25) is 0 Å². The number of amides is 1. The van der Waals surface area contributed by atoms with Gasteiger partial charge in [0.25, 0.3) is 5.91 Å². The molecule has 0 aliphatic rings. The van der Waals surface area contributed by atoms with Crippen LogP contribution in [-0.2, 0) is 16.9 Å². The van der Waals surface area contributed by atoms with E-state index in [-0.39, 0.29) is 16.6 Å². The van der Waals surface area contributed by atoms with Crippen molar-refractivity contribution >= 4 is 49.1 Å². The first-order valence-corrected chi connectivity index (χ1v) is 11.4. The highest BCUT2D eigenvalue weighted by Crippen LogP contribution is 2.34. The van der Waals surface area contributed by atoms with E-state index in [1.165, 1.54) is 40.7 Å². The maximum Gasteiger partial charge on any atom is 0.255 e. The van der Waals surface area contributed by atoms with Crippen LogP contribution in [0.15, 0.2) is 61.9 Å². The summed E-state index contributed by atoms with van der Waals surface area (Å²) in [5.74, 6) is -0.342. The fourth-order valence-electron chi connectivity index (χ4n) is 2.27. The third kappa shape index (κ3) is 4.59. The highest BCUT2D eigenvalue weighted by molar-refractivity contribution is 9.10. The highest BCUT2D eigenvalue weighted by atomic mass is 79.9. The first kappa shape index (κ1) is 20.5. The van der Waals surface area contributed by atoms with Crippen LogP contribution in [0.25, 0.3) is 0 Å². The predicted molar refractivity (Wildman–Crippen MR) is 109 cm³/mol. The van der Waals surface area contributed by atoms with Crippen LogP contribution in [0.3, 0.4) is 0 Å². The van der Waals surface area contributed by atoms with E-state index in [1.54, 1.807) is 20.0 Å². The third-order valence-electron chi connectivity index (χ3n) is 3.83. The lowest BCUT2D eigenvalue weighted by molar-refractivity contribution is 0.102. The summed E-state index contributed by atoms with van der Waals surface area (Å²) >= 11 is 4.72. The molecule has 0 aliphatic heterocycles. The highest BCUT2D eigenvalue weighted by Gasteiger charge is 2.15. The molecule has 0 aliphatic carbocycles. The molecule has 146 valence electrons. The second-order valence-corrected chi connectivity index (χ2v) is 9.91. The van der Waals surface area contributed by atoms with E-state index < -0.39 is 9.84 Å². The van der Waals surface area contributed by atoms with Gasteiger partial charge in [-0.15, -0.1) is 5.10 Å². The summed E-state index contributed by atoms with van der Waals surface area (Å²) in [6, 6.07) is 11.3. The predicted octanol–water partition coefficient (Wildman–Crippen LogP) is 3.17. The lowest BCUT2D eigenvalue weighted by Gasteiger charge is -2.11. The number of sulfone groups is 1. The molecule has 0 atom stereocenters. The number of aromatic nitrogens is 4. The van der Waals surface area contributed by atoms with Crippen molar-refractivity contribution < 1.29 is 13.2 Å². The number of benzene rings is 2. The molecule has 0 spiro atoms. The molecule has 11 heteroatoms. The maximum atomic E-state index is 12.6. The Balaban J connectivity index is 1.84. The van der Waals surface area contributed by atoms with Gasteiger partial charge < -0.3 is 5.32 Å². The van der Waals surface area contributed by atoms with Gasteiger partial charge in [-0.2, -0.15) is 0 Å². The number of nitrogens with zero attached hydrogens (tertiary/aromatic N) is 4. The molecule has 0 unspecified atom stereocenters. The number of nitrogens with one attached hydrogen (secondary N) is 1. The Morgan fingerprint density at radius 2 is 1.93 bits per heavy atom. The number of anilines is 1. The summed E-state index contributed by atoms with van der Waals surface area (Å²) in [6.45, 7) is 1.58. The fourth-order valence-corrected chi connectivity index (χ4v) is 4.31. The van der Waals surface area contributed by atoms with Crippen LogP contribution in [0, 0.1) is 0 Å². The van der Waals surface area contributed by atoms with Gasteiger partial charge >= 0.3 is 0 Å². The molecule has 3 aromatic rings. The molecular weight excluding hydrogens is 466 g/mol. The van der Waals surface area contributed by atoms with E-state index in [9.17, 15) is 13.2 Å². The van der Waals surface area contributed by atoms with Crippen LogP contribution in [0.1, 0.15) is 17.3 Å². The van der Waals surface area contributed by atoms with Crippen molar-refractivity contribution in [1.29, 1.82) is 0 Å². The molecule has 28 heavy (non-hydrogen) atoms. The van der Waals surface area contributed by atoms with Crippen molar-refractivity contribution in [2.24, 2.45) is 7.05 Å². The summed E-state index contributed by atoms with van der Waals surface area (Å²) in [7, 11) is -1.58. The number of halogens is 1. The summed E-state index contributed by atoms with van der Waals surface area (Å²) < 4.78 is 26.1. The molecule has 0 saturated carbocycles. The quantitative estimate of drug-likeness (QED) is 0.575. The zero-order valence-electron chi connectivity index (χ0n) is 15.0. The molecule has 3 rings (SSSR count). The Morgan fingerprint density at radius 1 is 1.21 bits per heavy atom. The van der Waals surface area contributed by atoms with Gasteiger partial charge in [-0.05, 0) is 64.7 Å². The lowest BCUT2D eigenvalue weighted by Crippen LogP contribution is -2.13. The van der Waals surface area contributed by atoms with Crippen molar-refractivity contribution in [1.82, 2.24) is 20.2 Å². The van der Waals surface area contributed by atoms with Crippen molar-refractivity contribution in [2.75, 3.05) is 11.1 Å². The standard InChI is InChI=1S/C17H16BrN5O3S2/c1-3-28(25,26)13-7-4-11(5-8-13)16(24)19-14-10-12(18)6-9-15(14)27-17-20-21-22-23(17)2/h4-10H,3H2,1-2H3,(H,19,24). The number of hydrogen-bond donors (Lipinski definition) is 1. The van der Waals surface area contributed by atoms with E-state index in [1.807, 2.05) is 12.1 Å². The van der Waals surface area contributed by atoms with Gasteiger partial charge in [0.15, 0.2) is 9.84 Å². The van der Waals surface area contributed by atoms with Crippen LogP contribution < -0.4 is 5.32 Å². The minimum absolute atomic E-state index is 0.00801. The zero-order valence-corrected chi connectivity index (χ0v) is 18.2. The maximum absolute atomic E-state index is 12.6. The first-order valence-electron chi connectivity index (χ1n) is 8.14. The van der Waals surface area contributed by atoms with Crippen LogP contribution in [-0.4, -0.2) is 40.3 Å². The number of tetrazole rings is 1. The van der Waals surface area contributed by atoms with Gasteiger partial charge in [0.05, 0.1) is 16.3 Å². The van der Waals surface area contributed by atoms with E-state index >= 15 is 0 Å². The molecule has 0 saturated heterocycles. The second-order valence-electron chi connectivity index (χ2n) is 5.71. The summed E-state index contributed by atoms with van der Waals surface area (Å²) in [6.07, 6.45) is 0. The fraction of sp³-hybridized carbons (Fsp3) is 0.176. The molecule has 1 N–H and O–H groups in total. The van der Waals surface area contributed by atoms with Crippen molar-refractivity contribution in [3.63, 3.8) is 0 Å². The molecule has 1 aromatic heterocycles. The number of carbonyl (C=O) groups is 1. The summed E-state index contributed by atoms with van der Waals surface area (Å²) in [5.41, 5.74) is 0.934. The average Bonchev–Trinajstić information content (AvgIpc) is 3.08. The topological polar surface area (TPSA) is 107 Å². The molecule has 0 radical (unpaired) electrons. The number of carbonyl (C=O) groups excluding carboxylic acids is 1. The Kier molecular flexibility index (Phi) is 6.16. The lowest BCUT2D eigenvalue weighted by atomic mass is 10.2. The van der Waals surface area contributed by atoms with Crippen molar-refractivity contribution in [2.45, 2.75) is 21.9 Å².